The molecule has 0 aliphatic heterocycles. The lowest BCUT2D eigenvalue weighted by Gasteiger charge is -2.18. The molecule has 0 fully saturated rings. The topological polar surface area (TPSA) is 24.4 Å². The van der Waals surface area contributed by atoms with Gasteiger partial charge in [0.25, 0.3) is 0 Å². The Morgan fingerprint density at radius 1 is 1.00 bits per heavy atom. The van der Waals surface area contributed by atoms with Crippen molar-refractivity contribution in [3.8, 4) is 0 Å². The number of hydrogen-bond donors (Lipinski definition) is 1. The summed E-state index contributed by atoms with van der Waals surface area (Å²) in [6, 6.07) is 18.6. The molecular weight excluding hydrogens is 208 g/mol. The third-order valence-corrected chi connectivity index (χ3v) is 2.84. The molecule has 0 heterocycles. The Labute approximate surface area is 102 Å². The van der Waals surface area contributed by atoms with Gasteiger partial charge in [0.15, 0.2) is 0 Å². The molecule has 0 amide bonds. The lowest BCUT2D eigenvalue weighted by Crippen LogP contribution is -2.17. The van der Waals surface area contributed by atoms with Gasteiger partial charge in [-0.25, -0.2) is 0 Å². The van der Waals surface area contributed by atoms with Crippen LogP contribution in [0.5, 0.6) is 0 Å². The minimum Gasteiger partial charge on any atom is -0.309 e. The van der Waals surface area contributed by atoms with Crippen molar-refractivity contribution in [3.63, 3.8) is 0 Å². The molecule has 0 radical (unpaired) electrons. The highest BCUT2D eigenvalue weighted by Gasteiger charge is 2.14. The molecule has 2 aromatic carbocycles. The zero-order chi connectivity index (χ0) is 12.1. The maximum Gasteiger partial charge on any atom is 0.0673 e. The van der Waals surface area contributed by atoms with Crippen LogP contribution in [0.2, 0.25) is 0 Å². The van der Waals surface area contributed by atoms with Gasteiger partial charge in [0.2, 0.25) is 0 Å². The fraction of sp³-hybridized carbons (Fsp3) is 0.133. The van der Waals surface area contributed by atoms with Crippen molar-refractivity contribution in [2.45, 2.75) is 6.04 Å². The fourth-order valence-electron chi connectivity index (χ4n) is 2.02. The maximum absolute atomic E-state index is 4.07. The Morgan fingerprint density at radius 2 is 1.65 bits per heavy atom. The van der Waals surface area contributed by atoms with Crippen molar-refractivity contribution in [1.29, 1.82) is 0 Å². The molecule has 0 aromatic heterocycles. The van der Waals surface area contributed by atoms with Gasteiger partial charge >= 0.3 is 0 Å². The van der Waals surface area contributed by atoms with Crippen LogP contribution < -0.4 is 5.32 Å². The molecule has 0 bridgehead atoms. The van der Waals surface area contributed by atoms with Crippen LogP contribution in [0, 0.1) is 0 Å². The molecule has 1 atom stereocenters. The summed E-state index contributed by atoms with van der Waals surface area (Å²) in [7, 11) is 1.96. The summed E-state index contributed by atoms with van der Waals surface area (Å²) in [5.74, 6) is 0. The second-order valence-electron chi connectivity index (χ2n) is 3.85. The quantitative estimate of drug-likeness (QED) is 0.791. The van der Waals surface area contributed by atoms with Crippen LogP contribution in [0.1, 0.15) is 17.2 Å². The van der Waals surface area contributed by atoms with E-state index in [0.29, 0.717) is 0 Å². The summed E-state index contributed by atoms with van der Waals surface area (Å²) in [5, 5.41) is 3.32. The molecule has 0 saturated heterocycles. The molecule has 2 heteroatoms. The molecule has 17 heavy (non-hydrogen) atoms. The van der Waals surface area contributed by atoms with Gasteiger partial charge in [-0.2, -0.15) is 0 Å². The highest BCUT2D eigenvalue weighted by Crippen LogP contribution is 2.29. The summed E-state index contributed by atoms with van der Waals surface area (Å²) in [6.45, 7) is 3.62. The zero-order valence-electron chi connectivity index (χ0n) is 9.93. The first kappa shape index (κ1) is 11.6. The van der Waals surface area contributed by atoms with Crippen LogP contribution in [-0.4, -0.2) is 13.8 Å². The van der Waals surface area contributed by atoms with Crippen LogP contribution in [0.25, 0.3) is 0 Å². The molecule has 86 valence electrons. The highest BCUT2D eigenvalue weighted by molar-refractivity contribution is 5.54. The summed E-state index contributed by atoms with van der Waals surface area (Å²) < 4.78 is 0. The Kier molecular flexibility index (Phi) is 3.68. The van der Waals surface area contributed by atoms with Gasteiger partial charge in [-0.05, 0) is 31.0 Å². The van der Waals surface area contributed by atoms with E-state index < -0.39 is 0 Å². The van der Waals surface area contributed by atoms with E-state index in [2.05, 4.69) is 35.2 Å². The maximum atomic E-state index is 4.07. The molecule has 1 N–H and O–H groups in total. The third kappa shape index (κ3) is 2.43. The average Bonchev–Trinajstić information content (AvgIpc) is 2.41. The molecule has 1 unspecified atom stereocenters. The predicted molar refractivity (Wildman–Crippen MR) is 73.0 cm³/mol. The minimum absolute atomic E-state index is 0.151. The number of hydrogen-bond acceptors (Lipinski definition) is 2. The molecule has 2 rings (SSSR count). The minimum atomic E-state index is 0.151. The molecule has 2 nitrogen and oxygen atoms in total. The Morgan fingerprint density at radius 3 is 2.29 bits per heavy atom. The average molecular weight is 224 g/mol. The Bertz CT molecular complexity index is 491. The van der Waals surface area contributed by atoms with Crippen molar-refractivity contribution >= 4 is 12.4 Å². The molecule has 0 spiro atoms. The normalized spacial score (nSPS) is 12.1. The first-order valence-electron chi connectivity index (χ1n) is 5.64. The third-order valence-electron chi connectivity index (χ3n) is 2.84. The van der Waals surface area contributed by atoms with E-state index >= 15 is 0 Å². The Hall–Kier alpha value is -1.93. The van der Waals surface area contributed by atoms with Gasteiger partial charge in [-0.15, -0.1) is 0 Å². The monoisotopic (exact) mass is 224 g/mol. The molecule has 0 saturated carbocycles. The number of benzene rings is 2. The first-order valence-corrected chi connectivity index (χ1v) is 5.64. The van der Waals surface area contributed by atoms with E-state index in [-0.39, 0.29) is 6.04 Å². The van der Waals surface area contributed by atoms with Crippen LogP contribution in [0.15, 0.2) is 59.6 Å². The SMILES string of the molecule is C=Nc1ccccc1C(NC)c1ccccc1. The summed E-state index contributed by atoms with van der Waals surface area (Å²) in [5.41, 5.74) is 3.30. The summed E-state index contributed by atoms with van der Waals surface area (Å²) in [6.07, 6.45) is 0. The van der Waals surface area contributed by atoms with E-state index in [0.717, 1.165) is 11.3 Å². The second-order valence-corrected chi connectivity index (χ2v) is 3.85. The van der Waals surface area contributed by atoms with Gasteiger partial charge < -0.3 is 5.32 Å². The summed E-state index contributed by atoms with van der Waals surface area (Å²) in [4.78, 5) is 4.07. The number of aliphatic imine (C=N–C) groups is 1. The summed E-state index contributed by atoms with van der Waals surface area (Å²) >= 11 is 0. The van der Waals surface area contributed by atoms with E-state index in [1.54, 1.807) is 0 Å². The predicted octanol–water partition coefficient (Wildman–Crippen LogP) is 3.33. The molecular formula is C15H16N2. The van der Waals surface area contributed by atoms with Crippen molar-refractivity contribution in [3.05, 3.63) is 65.7 Å². The van der Waals surface area contributed by atoms with Gasteiger partial charge in [0, 0.05) is 0 Å². The smallest absolute Gasteiger partial charge is 0.0673 e. The van der Waals surface area contributed by atoms with Crippen molar-refractivity contribution in [2.24, 2.45) is 4.99 Å². The second kappa shape index (κ2) is 5.41. The van der Waals surface area contributed by atoms with Crippen molar-refractivity contribution < 1.29 is 0 Å². The zero-order valence-corrected chi connectivity index (χ0v) is 9.93. The van der Waals surface area contributed by atoms with E-state index in [9.17, 15) is 0 Å². The van der Waals surface area contributed by atoms with E-state index in [1.165, 1.54) is 5.56 Å². The van der Waals surface area contributed by atoms with Crippen LogP contribution >= 0.6 is 0 Å². The van der Waals surface area contributed by atoms with Crippen LogP contribution in [-0.2, 0) is 0 Å². The van der Waals surface area contributed by atoms with Gasteiger partial charge in [-0.1, -0.05) is 48.5 Å². The standard InChI is InChI=1S/C15H16N2/c1-16-14-11-7-6-10-13(14)15(17-2)12-8-4-3-5-9-12/h3-11,15,17H,1H2,2H3. The fourth-order valence-corrected chi connectivity index (χ4v) is 2.02. The molecule has 2 aromatic rings. The first-order chi connectivity index (χ1) is 8.36. The van der Waals surface area contributed by atoms with Gasteiger partial charge in [0.1, 0.15) is 0 Å². The van der Waals surface area contributed by atoms with E-state index in [1.807, 2.05) is 43.4 Å². The van der Waals surface area contributed by atoms with Crippen LogP contribution in [0.4, 0.5) is 5.69 Å². The van der Waals surface area contributed by atoms with Crippen LogP contribution in [0.3, 0.4) is 0 Å². The van der Waals surface area contributed by atoms with Gasteiger partial charge in [0.05, 0.1) is 11.7 Å². The van der Waals surface area contributed by atoms with E-state index in [4.69, 9.17) is 0 Å². The largest absolute Gasteiger partial charge is 0.309 e. The lowest BCUT2D eigenvalue weighted by atomic mass is 9.97. The number of nitrogens with zero attached hydrogens (tertiary/aromatic N) is 1. The molecule has 0 aliphatic rings. The number of nitrogens with one attached hydrogen (secondary N) is 1. The lowest BCUT2D eigenvalue weighted by molar-refractivity contribution is 0.693. The Balaban J connectivity index is 2.46. The number of rotatable bonds is 4. The van der Waals surface area contributed by atoms with Crippen molar-refractivity contribution in [2.75, 3.05) is 7.05 Å². The number of para-hydroxylation sites is 1. The van der Waals surface area contributed by atoms with Crippen molar-refractivity contribution in [1.82, 2.24) is 5.32 Å². The van der Waals surface area contributed by atoms with Gasteiger partial charge in [-0.3, -0.25) is 4.99 Å². The highest BCUT2D eigenvalue weighted by atomic mass is 14.9. The molecule has 0 aliphatic carbocycles.